The van der Waals surface area contributed by atoms with Crippen LogP contribution >= 0.6 is 22.6 Å². The van der Waals surface area contributed by atoms with Crippen LogP contribution in [0.2, 0.25) is 0 Å². The summed E-state index contributed by atoms with van der Waals surface area (Å²) in [6, 6.07) is 7.07. The lowest BCUT2D eigenvalue weighted by atomic mass is 10.2. The number of aromatic nitrogens is 1. The fourth-order valence-corrected chi connectivity index (χ4v) is 2.02. The van der Waals surface area contributed by atoms with Gasteiger partial charge in [0.2, 0.25) is 0 Å². The van der Waals surface area contributed by atoms with Crippen LogP contribution in [0.5, 0.6) is 0 Å². The minimum atomic E-state index is -4.17. The van der Waals surface area contributed by atoms with E-state index in [4.69, 9.17) is 0 Å². The van der Waals surface area contributed by atoms with E-state index in [1.54, 1.807) is 18.2 Å². The molecule has 0 amide bonds. The van der Waals surface area contributed by atoms with Crippen molar-refractivity contribution < 1.29 is 13.2 Å². The van der Waals surface area contributed by atoms with E-state index in [1.807, 2.05) is 6.07 Å². The van der Waals surface area contributed by atoms with Gasteiger partial charge in [-0.25, -0.2) is 0 Å². The van der Waals surface area contributed by atoms with Crippen LogP contribution < -0.4 is 0 Å². The van der Waals surface area contributed by atoms with E-state index in [2.05, 4.69) is 22.6 Å². The molecule has 0 saturated carbocycles. The fraction of sp³-hybridized carbons (Fsp3) is 0.200. The normalized spacial score (nSPS) is 12.3. The van der Waals surface area contributed by atoms with E-state index in [-0.39, 0.29) is 0 Å². The molecular formula is C10H7F3IN. The summed E-state index contributed by atoms with van der Waals surface area (Å²) in [4.78, 5) is 0. The van der Waals surface area contributed by atoms with Crippen molar-refractivity contribution in [1.82, 2.24) is 4.57 Å². The predicted molar refractivity (Wildman–Crippen MR) is 60.7 cm³/mol. The van der Waals surface area contributed by atoms with Crippen LogP contribution in [0.4, 0.5) is 13.2 Å². The molecule has 1 aromatic heterocycles. The molecule has 0 saturated heterocycles. The number of fused-ring (bicyclic) bond motifs is 1. The molecule has 0 aliphatic heterocycles. The van der Waals surface area contributed by atoms with Crippen molar-refractivity contribution in [2.75, 3.05) is 0 Å². The molecule has 15 heavy (non-hydrogen) atoms. The Morgan fingerprint density at radius 3 is 2.60 bits per heavy atom. The van der Waals surface area contributed by atoms with Gasteiger partial charge in [0, 0.05) is 20.7 Å². The van der Waals surface area contributed by atoms with E-state index < -0.39 is 12.7 Å². The average Bonchev–Trinajstić information content (AvgIpc) is 2.45. The van der Waals surface area contributed by atoms with Gasteiger partial charge in [0.15, 0.2) is 0 Å². The van der Waals surface area contributed by atoms with Crippen LogP contribution in [-0.4, -0.2) is 10.7 Å². The smallest absolute Gasteiger partial charge is 0.338 e. The molecule has 0 spiro atoms. The minimum Gasteiger partial charge on any atom is -0.338 e. The third kappa shape index (κ3) is 2.45. The molecule has 0 unspecified atom stereocenters. The molecule has 0 N–H and O–H groups in total. The van der Waals surface area contributed by atoms with Gasteiger partial charge in [0.25, 0.3) is 0 Å². The van der Waals surface area contributed by atoms with Crippen molar-refractivity contribution in [3.05, 3.63) is 34.0 Å². The zero-order valence-electron chi connectivity index (χ0n) is 7.55. The van der Waals surface area contributed by atoms with E-state index in [0.29, 0.717) is 5.52 Å². The molecule has 2 rings (SSSR count). The number of benzene rings is 1. The van der Waals surface area contributed by atoms with Crippen molar-refractivity contribution in [3.63, 3.8) is 0 Å². The molecule has 1 heterocycles. The monoisotopic (exact) mass is 325 g/mol. The Balaban J connectivity index is 2.45. The van der Waals surface area contributed by atoms with Crippen LogP contribution in [0, 0.1) is 3.57 Å². The molecule has 0 radical (unpaired) electrons. The second-order valence-corrected chi connectivity index (χ2v) is 4.51. The molecule has 1 aromatic carbocycles. The summed E-state index contributed by atoms with van der Waals surface area (Å²) in [7, 11) is 0. The molecule has 2 aromatic rings. The average molecular weight is 325 g/mol. The lowest BCUT2D eigenvalue weighted by molar-refractivity contribution is -0.139. The highest BCUT2D eigenvalue weighted by Crippen LogP contribution is 2.23. The van der Waals surface area contributed by atoms with Gasteiger partial charge in [-0.1, -0.05) is 0 Å². The summed E-state index contributed by atoms with van der Waals surface area (Å²) in [5.41, 5.74) is 0.618. The highest BCUT2D eigenvalue weighted by Gasteiger charge is 2.28. The molecule has 0 atom stereocenters. The number of hydrogen-bond donors (Lipinski definition) is 0. The predicted octanol–water partition coefficient (Wildman–Crippen LogP) is 3.81. The summed E-state index contributed by atoms with van der Waals surface area (Å²) in [5, 5.41) is 0.839. The van der Waals surface area contributed by atoms with Crippen LogP contribution in [0.1, 0.15) is 0 Å². The van der Waals surface area contributed by atoms with Gasteiger partial charge >= 0.3 is 6.18 Å². The highest BCUT2D eigenvalue weighted by atomic mass is 127. The van der Waals surface area contributed by atoms with Crippen molar-refractivity contribution >= 4 is 33.5 Å². The first-order valence-electron chi connectivity index (χ1n) is 4.27. The first-order valence-corrected chi connectivity index (χ1v) is 5.35. The Hall–Kier alpha value is -0.720. The van der Waals surface area contributed by atoms with E-state index in [9.17, 15) is 13.2 Å². The Morgan fingerprint density at radius 2 is 1.93 bits per heavy atom. The van der Waals surface area contributed by atoms with Gasteiger partial charge in [0.1, 0.15) is 6.54 Å². The third-order valence-electron chi connectivity index (χ3n) is 2.08. The molecule has 0 aliphatic carbocycles. The summed E-state index contributed by atoms with van der Waals surface area (Å²) in [6.07, 6.45) is -2.71. The lowest BCUT2D eigenvalue weighted by Crippen LogP contribution is -2.16. The van der Waals surface area contributed by atoms with Gasteiger partial charge in [-0.3, -0.25) is 0 Å². The van der Waals surface area contributed by atoms with Crippen LogP contribution in [-0.2, 0) is 6.54 Å². The highest BCUT2D eigenvalue weighted by molar-refractivity contribution is 14.1. The van der Waals surface area contributed by atoms with E-state index in [1.165, 1.54) is 10.8 Å². The minimum absolute atomic E-state index is 0.618. The largest absolute Gasteiger partial charge is 0.406 e. The summed E-state index contributed by atoms with van der Waals surface area (Å²) in [5.74, 6) is 0. The molecule has 5 heteroatoms. The van der Waals surface area contributed by atoms with Crippen molar-refractivity contribution in [2.45, 2.75) is 12.7 Å². The summed E-state index contributed by atoms with van der Waals surface area (Å²) in [6.45, 7) is -0.933. The van der Waals surface area contributed by atoms with Gasteiger partial charge in [0.05, 0.1) is 0 Å². The summed E-state index contributed by atoms with van der Waals surface area (Å²) >= 11 is 2.13. The molecular weight excluding hydrogens is 318 g/mol. The molecule has 0 aliphatic rings. The Morgan fingerprint density at radius 1 is 1.20 bits per heavy atom. The lowest BCUT2D eigenvalue weighted by Gasteiger charge is -2.08. The SMILES string of the molecule is FC(F)(F)Cn1ccc2cc(I)ccc21. The van der Waals surface area contributed by atoms with E-state index in [0.717, 1.165) is 8.96 Å². The van der Waals surface area contributed by atoms with Crippen LogP contribution in [0.25, 0.3) is 10.9 Å². The molecule has 80 valence electrons. The number of nitrogens with zero attached hydrogens (tertiary/aromatic N) is 1. The van der Waals surface area contributed by atoms with E-state index >= 15 is 0 Å². The maximum absolute atomic E-state index is 12.2. The van der Waals surface area contributed by atoms with Gasteiger partial charge < -0.3 is 4.57 Å². The maximum Gasteiger partial charge on any atom is 0.406 e. The second-order valence-electron chi connectivity index (χ2n) is 3.26. The Kier molecular flexibility index (Phi) is 2.66. The zero-order chi connectivity index (χ0) is 11.1. The number of halogens is 4. The van der Waals surface area contributed by atoms with Crippen molar-refractivity contribution in [2.24, 2.45) is 0 Å². The van der Waals surface area contributed by atoms with Crippen LogP contribution in [0.3, 0.4) is 0 Å². The van der Waals surface area contributed by atoms with Crippen molar-refractivity contribution in [3.8, 4) is 0 Å². The third-order valence-corrected chi connectivity index (χ3v) is 2.75. The number of rotatable bonds is 1. The Labute approximate surface area is 98.0 Å². The topological polar surface area (TPSA) is 4.93 Å². The fourth-order valence-electron chi connectivity index (χ4n) is 1.50. The first kappa shape index (κ1) is 10.8. The molecule has 1 nitrogen and oxygen atoms in total. The van der Waals surface area contributed by atoms with Gasteiger partial charge in [-0.2, -0.15) is 13.2 Å². The van der Waals surface area contributed by atoms with Crippen molar-refractivity contribution in [1.29, 1.82) is 0 Å². The van der Waals surface area contributed by atoms with Gasteiger partial charge in [-0.05, 0) is 46.9 Å². The molecule has 0 fully saturated rings. The first-order chi connectivity index (χ1) is 6.96. The quantitative estimate of drug-likeness (QED) is 0.703. The molecule has 0 bridgehead atoms. The summed E-state index contributed by atoms with van der Waals surface area (Å²) < 4.78 is 38.8. The number of hydrogen-bond acceptors (Lipinski definition) is 0. The second kappa shape index (κ2) is 3.70. The zero-order valence-corrected chi connectivity index (χ0v) is 9.71. The number of alkyl halides is 3. The standard InChI is InChI=1S/C10H7F3IN/c11-10(12,13)6-15-4-3-7-5-8(14)1-2-9(7)15/h1-5H,6H2. The Bertz CT molecular complexity index is 487. The van der Waals surface area contributed by atoms with Gasteiger partial charge in [-0.15, -0.1) is 0 Å². The van der Waals surface area contributed by atoms with Crippen LogP contribution in [0.15, 0.2) is 30.5 Å². The maximum atomic E-state index is 12.2.